The van der Waals surface area contributed by atoms with Gasteiger partial charge in [-0.1, -0.05) is 24.3 Å². The van der Waals surface area contributed by atoms with Gasteiger partial charge in [0.15, 0.2) is 16.4 Å². The van der Waals surface area contributed by atoms with E-state index in [0.29, 0.717) is 5.69 Å². The van der Waals surface area contributed by atoms with Crippen LogP contribution in [0.5, 0.6) is 0 Å². The van der Waals surface area contributed by atoms with Crippen molar-refractivity contribution in [1.82, 2.24) is 0 Å². The summed E-state index contributed by atoms with van der Waals surface area (Å²) in [5.74, 6) is -1.04. The molecule has 1 amide bonds. The molecule has 8 heteroatoms. The van der Waals surface area contributed by atoms with E-state index in [4.69, 9.17) is 4.74 Å². The fourth-order valence-electron chi connectivity index (χ4n) is 2.01. The average Bonchev–Trinajstić information content (AvgIpc) is 2.60. The van der Waals surface area contributed by atoms with E-state index in [1.165, 1.54) is 30.0 Å². The van der Waals surface area contributed by atoms with Crippen LogP contribution in [0.2, 0.25) is 0 Å². The molecule has 0 saturated carbocycles. The fraction of sp³-hybridized carbons (Fsp3) is 0.222. The first-order valence-electron chi connectivity index (χ1n) is 7.74. The molecule has 0 fully saturated rings. The number of carbonyl (C=O) groups is 2. The molecule has 0 aromatic heterocycles. The lowest BCUT2D eigenvalue weighted by Crippen LogP contribution is -2.24. The predicted molar refractivity (Wildman–Crippen MR) is 101 cm³/mol. The van der Waals surface area contributed by atoms with Gasteiger partial charge in [-0.25, -0.2) is 8.42 Å². The topological polar surface area (TPSA) is 89.5 Å². The van der Waals surface area contributed by atoms with Crippen LogP contribution in [0.1, 0.15) is 6.92 Å². The van der Waals surface area contributed by atoms with Crippen molar-refractivity contribution >= 4 is 39.2 Å². The Bertz CT molecular complexity index is 881. The van der Waals surface area contributed by atoms with E-state index in [-0.39, 0.29) is 4.90 Å². The van der Waals surface area contributed by atoms with Crippen molar-refractivity contribution < 1.29 is 22.7 Å². The lowest BCUT2D eigenvalue weighted by atomic mass is 10.3. The lowest BCUT2D eigenvalue weighted by Gasteiger charge is -2.11. The number of rotatable bonds is 7. The van der Waals surface area contributed by atoms with Crippen molar-refractivity contribution in [2.24, 2.45) is 0 Å². The molecule has 0 bridgehead atoms. The first kappa shape index (κ1) is 20.0. The highest BCUT2D eigenvalue weighted by atomic mass is 32.2. The van der Waals surface area contributed by atoms with Gasteiger partial charge in [0.05, 0.1) is 4.90 Å². The summed E-state index contributed by atoms with van der Waals surface area (Å²) in [6.45, 7) is 1.26. The van der Waals surface area contributed by atoms with E-state index in [1.54, 1.807) is 13.0 Å². The van der Waals surface area contributed by atoms with Crippen LogP contribution in [0.3, 0.4) is 0 Å². The number of ether oxygens (including phenoxy) is 1. The van der Waals surface area contributed by atoms with E-state index in [1.807, 2.05) is 30.3 Å². The number of thioether (sulfide) groups is 1. The molecule has 0 heterocycles. The molecule has 6 nitrogen and oxygen atoms in total. The molecule has 1 N–H and O–H groups in total. The Balaban J connectivity index is 1.85. The predicted octanol–water partition coefficient (Wildman–Crippen LogP) is 2.75. The van der Waals surface area contributed by atoms with Crippen molar-refractivity contribution in [3.8, 4) is 0 Å². The van der Waals surface area contributed by atoms with Gasteiger partial charge in [0.2, 0.25) is 0 Å². The van der Waals surface area contributed by atoms with Crippen LogP contribution in [-0.2, 0) is 24.2 Å². The molecule has 0 aliphatic carbocycles. The Hall–Kier alpha value is -2.32. The number of esters is 1. The number of hydrogen-bond acceptors (Lipinski definition) is 6. The zero-order valence-corrected chi connectivity index (χ0v) is 16.0. The SMILES string of the molecule is C[C@@H](Sc1ccccc1)C(=O)OCC(=O)Nc1cccc(S(C)(=O)=O)c1. The first-order valence-corrected chi connectivity index (χ1v) is 10.5. The minimum atomic E-state index is -3.37. The smallest absolute Gasteiger partial charge is 0.319 e. The van der Waals surface area contributed by atoms with Crippen molar-refractivity contribution in [2.75, 3.05) is 18.2 Å². The summed E-state index contributed by atoms with van der Waals surface area (Å²) >= 11 is 1.34. The number of amides is 1. The van der Waals surface area contributed by atoms with Crippen molar-refractivity contribution in [3.63, 3.8) is 0 Å². The standard InChI is InChI=1S/C18H19NO5S2/c1-13(25-15-8-4-3-5-9-15)18(21)24-12-17(20)19-14-7-6-10-16(11-14)26(2,22)23/h3-11,13H,12H2,1-2H3,(H,19,20)/t13-/m1/s1. The third kappa shape index (κ3) is 6.20. The molecule has 0 spiro atoms. The highest BCUT2D eigenvalue weighted by Crippen LogP contribution is 2.23. The van der Waals surface area contributed by atoms with Gasteiger partial charge >= 0.3 is 5.97 Å². The van der Waals surface area contributed by atoms with Crippen molar-refractivity contribution in [3.05, 3.63) is 54.6 Å². The maximum absolute atomic E-state index is 12.0. The zero-order valence-electron chi connectivity index (χ0n) is 14.3. The Morgan fingerprint density at radius 3 is 2.46 bits per heavy atom. The molecule has 2 rings (SSSR count). The fourth-order valence-corrected chi connectivity index (χ4v) is 3.56. The molecule has 0 aliphatic heterocycles. The van der Waals surface area contributed by atoms with Gasteiger partial charge in [-0.2, -0.15) is 0 Å². The second kappa shape index (κ2) is 8.86. The molecular formula is C18H19NO5S2. The van der Waals surface area contributed by atoms with E-state index >= 15 is 0 Å². The summed E-state index contributed by atoms with van der Waals surface area (Å²) in [6.07, 6.45) is 1.08. The quantitative estimate of drug-likeness (QED) is 0.575. The molecule has 1 atom stereocenters. The second-order valence-corrected chi connectivity index (χ2v) is 8.96. The van der Waals surface area contributed by atoms with Crippen molar-refractivity contribution in [2.45, 2.75) is 22.0 Å². The molecule has 0 radical (unpaired) electrons. The molecule has 26 heavy (non-hydrogen) atoms. The Morgan fingerprint density at radius 2 is 1.81 bits per heavy atom. The van der Waals surface area contributed by atoms with E-state index in [2.05, 4.69) is 5.32 Å². The average molecular weight is 393 g/mol. The van der Waals surface area contributed by atoms with Crippen LogP contribution in [0.25, 0.3) is 0 Å². The minimum Gasteiger partial charge on any atom is -0.455 e. The number of sulfone groups is 1. The number of carbonyl (C=O) groups excluding carboxylic acids is 2. The third-order valence-corrected chi connectivity index (χ3v) is 5.48. The largest absolute Gasteiger partial charge is 0.455 e. The number of hydrogen-bond donors (Lipinski definition) is 1. The number of benzene rings is 2. The van der Waals surface area contributed by atoms with Crippen LogP contribution >= 0.6 is 11.8 Å². The summed E-state index contributed by atoms with van der Waals surface area (Å²) in [7, 11) is -3.37. The van der Waals surface area contributed by atoms with Crippen LogP contribution in [0, 0.1) is 0 Å². The molecule has 2 aromatic carbocycles. The Morgan fingerprint density at radius 1 is 1.12 bits per heavy atom. The van der Waals surface area contributed by atoms with E-state index in [0.717, 1.165) is 11.2 Å². The number of nitrogens with one attached hydrogen (secondary N) is 1. The molecule has 0 unspecified atom stereocenters. The maximum atomic E-state index is 12.0. The third-order valence-electron chi connectivity index (χ3n) is 3.28. The second-order valence-electron chi connectivity index (χ2n) is 5.53. The molecular weight excluding hydrogens is 374 g/mol. The van der Waals surface area contributed by atoms with Gasteiger partial charge in [-0.05, 0) is 37.3 Å². The summed E-state index contributed by atoms with van der Waals surface area (Å²) in [6, 6.07) is 15.3. The Labute approximate surface area is 156 Å². The van der Waals surface area contributed by atoms with E-state index < -0.39 is 33.6 Å². The Kier molecular flexibility index (Phi) is 6.82. The monoisotopic (exact) mass is 393 g/mol. The summed E-state index contributed by atoms with van der Waals surface area (Å²) in [4.78, 5) is 24.9. The first-order chi connectivity index (χ1) is 12.3. The highest BCUT2D eigenvalue weighted by molar-refractivity contribution is 8.00. The van der Waals surface area contributed by atoms with Gasteiger partial charge in [0.25, 0.3) is 5.91 Å². The maximum Gasteiger partial charge on any atom is 0.319 e. The number of anilines is 1. The lowest BCUT2D eigenvalue weighted by molar-refractivity contribution is -0.146. The van der Waals surface area contributed by atoms with Gasteiger partial charge in [-0.15, -0.1) is 11.8 Å². The van der Waals surface area contributed by atoms with E-state index in [9.17, 15) is 18.0 Å². The van der Waals surface area contributed by atoms with Crippen LogP contribution < -0.4 is 5.32 Å². The highest BCUT2D eigenvalue weighted by Gasteiger charge is 2.17. The van der Waals surface area contributed by atoms with Gasteiger partial charge in [0.1, 0.15) is 5.25 Å². The minimum absolute atomic E-state index is 0.0974. The normalized spacial score (nSPS) is 12.2. The zero-order chi connectivity index (χ0) is 19.2. The molecule has 2 aromatic rings. The molecule has 0 saturated heterocycles. The van der Waals surface area contributed by atoms with Crippen LogP contribution in [0.15, 0.2) is 64.4 Å². The molecule has 0 aliphatic rings. The van der Waals surface area contributed by atoms with Gasteiger partial charge < -0.3 is 10.1 Å². The summed E-state index contributed by atoms with van der Waals surface area (Å²) < 4.78 is 28.1. The van der Waals surface area contributed by atoms with Crippen LogP contribution in [-0.4, -0.2) is 38.4 Å². The summed E-state index contributed by atoms with van der Waals surface area (Å²) in [5, 5.41) is 2.05. The van der Waals surface area contributed by atoms with Crippen molar-refractivity contribution in [1.29, 1.82) is 0 Å². The molecule has 138 valence electrons. The summed E-state index contributed by atoms with van der Waals surface area (Å²) in [5.41, 5.74) is 0.320. The van der Waals surface area contributed by atoms with Gasteiger partial charge in [0, 0.05) is 16.8 Å². The van der Waals surface area contributed by atoms with Crippen LogP contribution in [0.4, 0.5) is 5.69 Å². The van der Waals surface area contributed by atoms with Gasteiger partial charge in [-0.3, -0.25) is 9.59 Å².